The molecule has 2 amide bonds. The van der Waals surface area contributed by atoms with E-state index in [0.717, 1.165) is 33.8 Å². The summed E-state index contributed by atoms with van der Waals surface area (Å²) in [5, 5.41) is 3.33. The normalized spacial score (nSPS) is 11.9. The van der Waals surface area contributed by atoms with Gasteiger partial charge in [-0.15, -0.1) is 0 Å². The van der Waals surface area contributed by atoms with Crippen LogP contribution in [0.2, 0.25) is 5.02 Å². The number of hydrogen-bond donors (Lipinski definition) is 1. The van der Waals surface area contributed by atoms with Gasteiger partial charge in [-0.1, -0.05) is 109 Å². The van der Waals surface area contributed by atoms with E-state index < -0.39 is 28.5 Å². The Balaban J connectivity index is 1.78. The van der Waals surface area contributed by atoms with Crippen molar-refractivity contribution in [2.45, 2.75) is 50.6 Å². The summed E-state index contributed by atoms with van der Waals surface area (Å²) in [4.78, 5) is 29.8. The molecule has 9 heteroatoms. The molecular weight excluding hydrogens is 594 g/mol. The lowest BCUT2D eigenvalue weighted by atomic mass is 10.0. The molecule has 0 aromatic heterocycles. The van der Waals surface area contributed by atoms with Gasteiger partial charge < -0.3 is 10.2 Å². The van der Waals surface area contributed by atoms with Crippen LogP contribution in [0.15, 0.2) is 114 Å². The van der Waals surface area contributed by atoms with Gasteiger partial charge in [0.25, 0.3) is 10.0 Å². The van der Waals surface area contributed by atoms with E-state index in [0.29, 0.717) is 11.6 Å². The van der Waals surface area contributed by atoms with Crippen LogP contribution in [0.4, 0.5) is 5.69 Å². The quantitative estimate of drug-likeness (QED) is 0.163. The Kier molecular flexibility index (Phi) is 11.6. The maximum absolute atomic E-state index is 14.5. The smallest absolute Gasteiger partial charge is 0.264 e. The highest BCUT2D eigenvalue weighted by molar-refractivity contribution is 7.92. The van der Waals surface area contributed by atoms with E-state index in [-0.39, 0.29) is 29.5 Å². The Morgan fingerprint density at radius 3 is 2.16 bits per heavy atom. The first-order valence-electron chi connectivity index (χ1n) is 14.7. The molecule has 44 heavy (non-hydrogen) atoms. The van der Waals surface area contributed by atoms with E-state index in [2.05, 4.69) is 5.32 Å². The summed E-state index contributed by atoms with van der Waals surface area (Å²) in [6, 6.07) is 30.7. The summed E-state index contributed by atoms with van der Waals surface area (Å²) in [6.07, 6.45) is 1.97. The average molecular weight is 632 g/mol. The van der Waals surface area contributed by atoms with Gasteiger partial charge in [-0.3, -0.25) is 13.9 Å². The third kappa shape index (κ3) is 8.71. The predicted octanol–water partition coefficient (Wildman–Crippen LogP) is 6.40. The zero-order valence-corrected chi connectivity index (χ0v) is 26.6. The Morgan fingerprint density at radius 1 is 0.841 bits per heavy atom. The molecule has 1 atom stereocenters. The van der Waals surface area contributed by atoms with Crippen molar-refractivity contribution in [2.75, 3.05) is 17.4 Å². The second kappa shape index (κ2) is 15.5. The Hall–Kier alpha value is -4.14. The third-order valence-corrected chi connectivity index (χ3v) is 9.27. The summed E-state index contributed by atoms with van der Waals surface area (Å²) in [7, 11) is -4.17. The van der Waals surface area contributed by atoms with Gasteiger partial charge in [0.15, 0.2) is 0 Å². The largest absolute Gasteiger partial charge is 0.354 e. The van der Waals surface area contributed by atoms with Crippen molar-refractivity contribution in [3.05, 3.63) is 131 Å². The Bertz CT molecular complexity index is 1650. The van der Waals surface area contributed by atoms with Crippen LogP contribution in [0.3, 0.4) is 0 Å². The number of halogens is 1. The number of rotatable bonds is 14. The van der Waals surface area contributed by atoms with Crippen LogP contribution in [0.25, 0.3) is 0 Å². The summed E-state index contributed by atoms with van der Waals surface area (Å²) >= 11 is 6.28. The van der Waals surface area contributed by atoms with E-state index in [1.54, 1.807) is 36.4 Å². The van der Waals surface area contributed by atoms with Crippen molar-refractivity contribution in [1.82, 2.24) is 10.2 Å². The zero-order valence-electron chi connectivity index (χ0n) is 25.0. The fraction of sp³-hybridized carbons (Fsp3) is 0.257. The minimum atomic E-state index is -4.17. The van der Waals surface area contributed by atoms with Gasteiger partial charge in [-0.05, 0) is 54.8 Å². The lowest BCUT2D eigenvalue weighted by Gasteiger charge is -2.34. The van der Waals surface area contributed by atoms with Crippen molar-refractivity contribution in [2.24, 2.45) is 0 Å². The van der Waals surface area contributed by atoms with Crippen molar-refractivity contribution in [3.63, 3.8) is 0 Å². The highest BCUT2D eigenvalue weighted by Gasteiger charge is 2.34. The van der Waals surface area contributed by atoms with Crippen molar-refractivity contribution in [3.8, 4) is 0 Å². The summed E-state index contributed by atoms with van der Waals surface area (Å²) in [5.74, 6) is -0.805. The number of carbonyl (C=O) groups is 2. The highest BCUT2D eigenvalue weighted by atomic mass is 35.5. The van der Waals surface area contributed by atoms with Crippen molar-refractivity contribution < 1.29 is 18.0 Å². The number of nitrogens with zero attached hydrogens (tertiary/aromatic N) is 2. The summed E-state index contributed by atoms with van der Waals surface area (Å²) < 4.78 is 29.1. The molecule has 0 aliphatic heterocycles. The molecule has 4 aromatic carbocycles. The topological polar surface area (TPSA) is 86.8 Å². The van der Waals surface area contributed by atoms with E-state index in [4.69, 9.17) is 11.6 Å². The first kappa shape index (κ1) is 32.8. The van der Waals surface area contributed by atoms with Crippen LogP contribution in [0, 0.1) is 6.92 Å². The van der Waals surface area contributed by atoms with Gasteiger partial charge in [0.2, 0.25) is 11.8 Å². The summed E-state index contributed by atoms with van der Waals surface area (Å²) in [5.41, 5.74) is 2.97. The van der Waals surface area contributed by atoms with E-state index in [1.165, 1.54) is 23.1 Å². The van der Waals surface area contributed by atoms with Crippen molar-refractivity contribution in [1.29, 1.82) is 0 Å². The molecule has 0 bridgehead atoms. The van der Waals surface area contributed by atoms with E-state index in [9.17, 15) is 18.0 Å². The predicted molar refractivity (Wildman–Crippen MR) is 176 cm³/mol. The first-order chi connectivity index (χ1) is 21.2. The number of benzene rings is 4. The maximum atomic E-state index is 14.5. The summed E-state index contributed by atoms with van der Waals surface area (Å²) in [6.45, 7) is 4.07. The molecule has 0 saturated carbocycles. The van der Waals surface area contributed by atoms with Crippen LogP contribution >= 0.6 is 11.6 Å². The molecule has 0 saturated heterocycles. The molecule has 7 nitrogen and oxygen atoms in total. The first-order valence-corrected chi connectivity index (χ1v) is 16.5. The molecule has 4 rings (SSSR count). The molecule has 0 spiro atoms. The minimum Gasteiger partial charge on any atom is -0.354 e. The zero-order chi connectivity index (χ0) is 31.5. The fourth-order valence-electron chi connectivity index (χ4n) is 4.95. The molecule has 0 aliphatic carbocycles. The Labute approximate surface area is 265 Å². The van der Waals surface area contributed by atoms with Gasteiger partial charge in [-0.2, -0.15) is 0 Å². The lowest BCUT2D eigenvalue weighted by Crippen LogP contribution is -2.53. The fourth-order valence-corrected chi connectivity index (χ4v) is 6.56. The third-order valence-electron chi connectivity index (χ3n) is 7.24. The number of hydrogen-bond acceptors (Lipinski definition) is 4. The van der Waals surface area contributed by atoms with Crippen LogP contribution in [0.5, 0.6) is 0 Å². The van der Waals surface area contributed by atoms with Gasteiger partial charge in [-0.25, -0.2) is 8.42 Å². The molecule has 4 aromatic rings. The number of nitrogens with one attached hydrogen (secondary N) is 1. The number of carbonyl (C=O) groups excluding carboxylic acids is 2. The molecule has 1 N–H and O–H groups in total. The van der Waals surface area contributed by atoms with E-state index >= 15 is 0 Å². The molecule has 0 aliphatic rings. The number of amides is 2. The van der Waals surface area contributed by atoms with Gasteiger partial charge in [0.1, 0.15) is 12.6 Å². The lowest BCUT2D eigenvalue weighted by molar-refractivity contribution is -0.140. The minimum absolute atomic E-state index is 0.0381. The monoisotopic (exact) mass is 631 g/mol. The number of sulfonamides is 1. The van der Waals surface area contributed by atoms with Crippen LogP contribution in [-0.2, 0) is 32.6 Å². The molecule has 0 radical (unpaired) electrons. The van der Waals surface area contributed by atoms with Gasteiger partial charge >= 0.3 is 0 Å². The van der Waals surface area contributed by atoms with Gasteiger partial charge in [0, 0.05) is 24.5 Å². The molecule has 230 valence electrons. The van der Waals surface area contributed by atoms with Crippen molar-refractivity contribution >= 4 is 39.1 Å². The average Bonchev–Trinajstić information content (AvgIpc) is 3.02. The number of anilines is 1. The molecule has 0 heterocycles. The molecule has 0 fully saturated rings. The maximum Gasteiger partial charge on any atom is 0.264 e. The second-order valence-electron chi connectivity index (χ2n) is 10.7. The Morgan fingerprint density at radius 2 is 1.50 bits per heavy atom. The van der Waals surface area contributed by atoms with Crippen LogP contribution < -0.4 is 9.62 Å². The second-order valence-corrected chi connectivity index (χ2v) is 13.0. The number of unbranched alkanes of at least 4 members (excludes halogenated alkanes) is 1. The van der Waals surface area contributed by atoms with Gasteiger partial charge in [0.05, 0.1) is 10.6 Å². The molecular formula is C35H38ClN3O4S. The molecule has 0 unspecified atom stereocenters. The van der Waals surface area contributed by atoms with E-state index in [1.807, 2.05) is 68.4 Å². The SMILES string of the molecule is CCCCNC(=O)[C@@H](Cc1ccccc1)N(Cc1cccc(C)c1)C(=O)CN(c1cccc(Cl)c1)S(=O)(=O)c1ccccc1. The standard InChI is InChI=1S/C35H38ClN3O4S/c1-3-4-21-37-35(41)33(23-28-14-7-5-8-15-28)38(25-29-16-11-13-27(2)22-29)34(40)26-39(31-18-12-17-30(36)24-31)44(42,43)32-19-9-6-10-20-32/h5-20,22,24,33H,3-4,21,23,25-26H2,1-2H3,(H,37,41)/t33-/m1/s1. The van der Waals surface area contributed by atoms with Crippen LogP contribution in [0.1, 0.15) is 36.5 Å². The van der Waals surface area contributed by atoms with Crippen LogP contribution in [-0.4, -0.2) is 44.3 Å². The highest BCUT2D eigenvalue weighted by Crippen LogP contribution is 2.27. The number of aryl methyl sites for hydroxylation is 1.